The molecule has 6 atom stereocenters. The summed E-state index contributed by atoms with van der Waals surface area (Å²) in [6.45, 7) is 3.45. The lowest BCUT2D eigenvalue weighted by atomic mass is 9.55. The standard InChI is InChI=1S/C20H27NO2/c1-20-8-7-16-15-6-4-14(22-2)9-12(15)3-5-17(16)18(20)10-13-11-23-21-19(13)20/h4,6,9,13,16-19,21H,3,5,7-8,10-11H2,1-2H3/t13-,16-,17-,18+,19+,20+/m1/s1. The summed E-state index contributed by atoms with van der Waals surface area (Å²) in [6.07, 6.45) is 6.61. The lowest BCUT2D eigenvalue weighted by Gasteiger charge is -2.50. The van der Waals surface area contributed by atoms with Crippen molar-refractivity contribution < 1.29 is 9.57 Å². The highest BCUT2D eigenvalue weighted by Crippen LogP contribution is 2.62. The largest absolute Gasteiger partial charge is 0.497 e. The van der Waals surface area contributed by atoms with E-state index < -0.39 is 0 Å². The highest BCUT2D eigenvalue weighted by molar-refractivity contribution is 5.40. The van der Waals surface area contributed by atoms with Crippen molar-refractivity contribution in [1.29, 1.82) is 0 Å². The Balaban J connectivity index is 1.49. The molecule has 3 heteroatoms. The van der Waals surface area contributed by atoms with Crippen LogP contribution in [0.3, 0.4) is 0 Å². The number of rotatable bonds is 1. The van der Waals surface area contributed by atoms with Crippen LogP contribution in [0, 0.1) is 23.2 Å². The number of methoxy groups -OCH3 is 1. The monoisotopic (exact) mass is 313 g/mol. The SMILES string of the molecule is COc1ccc2c(c1)CC[C@@H]1[C@@H]2CC[C@@]2(C)[C@H]1C[C@@H]1CON[C@@H]12. The van der Waals surface area contributed by atoms with E-state index in [1.165, 1.54) is 37.7 Å². The van der Waals surface area contributed by atoms with E-state index in [0.717, 1.165) is 36.0 Å². The van der Waals surface area contributed by atoms with Gasteiger partial charge >= 0.3 is 0 Å². The van der Waals surface area contributed by atoms with Gasteiger partial charge in [0.05, 0.1) is 13.7 Å². The van der Waals surface area contributed by atoms with Crippen molar-refractivity contribution in [3.05, 3.63) is 29.3 Å². The predicted molar refractivity (Wildman–Crippen MR) is 89.4 cm³/mol. The van der Waals surface area contributed by atoms with Crippen LogP contribution in [0.5, 0.6) is 5.75 Å². The average molecular weight is 313 g/mol. The summed E-state index contributed by atoms with van der Waals surface area (Å²) in [7, 11) is 1.77. The lowest BCUT2D eigenvalue weighted by molar-refractivity contribution is -0.00841. The number of nitrogens with one attached hydrogen (secondary N) is 1. The molecule has 2 saturated carbocycles. The zero-order chi connectivity index (χ0) is 15.6. The second-order valence-corrected chi connectivity index (χ2v) is 8.43. The Morgan fingerprint density at radius 1 is 1.30 bits per heavy atom. The number of hydrogen-bond donors (Lipinski definition) is 1. The van der Waals surface area contributed by atoms with Crippen LogP contribution in [0.4, 0.5) is 0 Å². The molecule has 1 N–H and O–H groups in total. The fraction of sp³-hybridized carbons (Fsp3) is 0.700. The molecule has 3 aliphatic carbocycles. The Morgan fingerprint density at radius 3 is 3.09 bits per heavy atom. The average Bonchev–Trinajstić information content (AvgIpc) is 3.15. The molecule has 1 aromatic rings. The topological polar surface area (TPSA) is 30.5 Å². The van der Waals surface area contributed by atoms with E-state index in [2.05, 4.69) is 30.6 Å². The second kappa shape index (κ2) is 4.97. The van der Waals surface area contributed by atoms with Gasteiger partial charge in [0.15, 0.2) is 0 Å². The molecular weight excluding hydrogens is 286 g/mol. The van der Waals surface area contributed by atoms with E-state index in [9.17, 15) is 0 Å². The van der Waals surface area contributed by atoms with Crippen molar-refractivity contribution in [1.82, 2.24) is 5.48 Å². The van der Waals surface area contributed by atoms with E-state index in [-0.39, 0.29) is 0 Å². The number of aryl methyl sites for hydroxylation is 1. The van der Waals surface area contributed by atoms with Crippen LogP contribution in [-0.2, 0) is 11.3 Å². The van der Waals surface area contributed by atoms with Gasteiger partial charge in [-0.2, -0.15) is 5.48 Å². The van der Waals surface area contributed by atoms with Crippen molar-refractivity contribution in [3.63, 3.8) is 0 Å². The van der Waals surface area contributed by atoms with Crippen LogP contribution in [0.15, 0.2) is 18.2 Å². The highest BCUT2D eigenvalue weighted by Gasteiger charge is 2.59. The normalized spacial score (nSPS) is 44.2. The van der Waals surface area contributed by atoms with Crippen LogP contribution in [0.1, 0.15) is 49.7 Å². The number of benzene rings is 1. The third-order valence-corrected chi connectivity index (χ3v) is 7.62. The third kappa shape index (κ3) is 1.90. The quantitative estimate of drug-likeness (QED) is 0.858. The van der Waals surface area contributed by atoms with E-state index in [1.54, 1.807) is 12.7 Å². The predicted octanol–water partition coefficient (Wildman–Crippen LogP) is 3.68. The minimum absolute atomic E-state index is 0.437. The van der Waals surface area contributed by atoms with Crippen LogP contribution in [-0.4, -0.2) is 19.8 Å². The van der Waals surface area contributed by atoms with Gasteiger partial charge in [-0.05, 0) is 78.5 Å². The summed E-state index contributed by atoms with van der Waals surface area (Å²) in [5.74, 6) is 4.24. The maximum atomic E-state index is 5.58. The van der Waals surface area contributed by atoms with Gasteiger partial charge in [0.25, 0.3) is 0 Å². The molecule has 0 bridgehead atoms. The van der Waals surface area contributed by atoms with E-state index >= 15 is 0 Å². The van der Waals surface area contributed by atoms with Gasteiger partial charge in [0, 0.05) is 12.0 Å². The maximum Gasteiger partial charge on any atom is 0.119 e. The Bertz CT molecular complexity index is 630. The molecule has 1 aliphatic heterocycles. The second-order valence-electron chi connectivity index (χ2n) is 8.43. The van der Waals surface area contributed by atoms with E-state index in [1.807, 2.05) is 0 Å². The summed E-state index contributed by atoms with van der Waals surface area (Å²) >= 11 is 0. The first-order valence-electron chi connectivity index (χ1n) is 9.25. The number of hydroxylamine groups is 1. The van der Waals surface area contributed by atoms with Gasteiger partial charge in [0.2, 0.25) is 0 Å². The van der Waals surface area contributed by atoms with Gasteiger partial charge in [-0.1, -0.05) is 13.0 Å². The van der Waals surface area contributed by atoms with Gasteiger partial charge in [0.1, 0.15) is 5.75 Å². The molecule has 1 aromatic carbocycles. The Labute approximate surface area is 138 Å². The van der Waals surface area contributed by atoms with Crippen LogP contribution < -0.4 is 10.2 Å². The first kappa shape index (κ1) is 14.3. The lowest BCUT2D eigenvalue weighted by Crippen LogP contribution is -2.47. The number of hydrogen-bond acceptors (Lipinski definition) is 3. The number of ether oxygens (including phenoxy) is 1. The molecule has 3 fully saturated rings. The molecule has 0 amide bonds. The molecular formula is C20H27NO2. The molecule has 124 valence electrons. The van der Waals surface area contributed by atoms with Gasteiger partial charge in [-0.25, -0.2) is 0 Å². The molecule has 5 rings (SSSR count). The van der Waals surface area contributed by atoms with Crippen molar-refractivity contribution in [2.75, 3.05) is 13.7 Å². The smallest absolute Gasteiger partial charge is 0.119 e. The first-order valence-corrected chi connectivity index (χ1v) is 9.25. The Morgan fingerprint density at radius 2 is 2.22 bits per heavy atom. The Hall–Kier alpha value is -1.06. The van der Waals surface area contributed by atoms with Crippen LogP contribution in [0.25, 0.3) is 0 Å². The number of fused-ring (bicyclic) bond motifs is 7. The summed E-state index contributed by atoms with van der Waals surface area (Å²) in [5, 5.41) is 0. The summed E-state index contributed by atoms with van der Waals surface area (Å²) in [4.78, 5) is 5.58. The van der Waals surface area contributed by atoms with Crippen molar-refractivity contribution >= 4 is 0 Å². The molecule has 3 nitrogen and oxygen atoms in total. The molecule has 23 heavy (non-hydrogen) atoms. The first-order chi connectivity index (χ1) is 11.2. The van der Waals surface area contributed by atoms with Gasteiger partial charge in [-0.3, -0.25) is 0 Å². The fourth-order valence-electron chi connectivity index (χ4n) is 6.50. The van der Waals surface area contributed by atoms with Crippen LogP contribution in [0.2, 0.25) is 0 Å². The minimum Gasteiger partial charge on any atom is -0.497 e. The molecule has 0 aromatic heterocycles. The van der Waals surface area contributed by atoms with E-state index in [0.29, 0.717) is 11.5 Å². The molecule has 4 aliphatic rings. The molecule has 0 unspecified atom stereocenters. The zero-order valence-electron chi connectivity index (χ0n) is 14.2. The molecule has 0 radical (unpaired) electrons. The molecule has 1 heterocycles. The van der Waals surface area contributed by atoms with Crippen molar-refractivity contribution in [3.8, 4) is 5.75 Å². The zero-order valence-corrected chi connectivity index (χ0v) is 14.2. The van der Waals surface area contributed by atoms with E-state index in [4.69, 9.17) is 9.57 Å². The third-order valence-electron chi connectivity index (χ3n) is 7.62. The van der Waals surface area contributed by atoms with Crippen molar-refractivity contribution in [2.45, 2.75) is 51.0 Å². The molecule has 0 spiro atoms. The summed E-state index contributed by atoms with van der Waals surface area (Å²) in [6, 6.07) is 7.38. The summed E-state index contributed by atoms with van der Waals surface area (Å²) in [5.41, 5.74) is 6.96. The Kier molecular flexibility index (Phi) is 3.09. The minimum atomic E-state index is 0.437. The maximum absolute atomic E-state index is 5.58. The highest BCUT2D eigenvalue weighted by atomic mass is 16.7. The summed E-state index contributed by atoms with van der Waals surface area (Å²) < 4.78 is 5.43. The fourth-order valence-corrected chi connectivity index (χ4v) is 6.50. The van der Waals surface area contributed by atoms with Gasteiger partial charge in [-0.15, -0.1) is 0 Å². The molecule has 1 saturated heterocycles. The van der Waals surface area contributed by atoms with Crippen LogP contribution >= 0.6 is 0 Å². The van der Waals surface area contributed by atoms with Crippen molar-refractivity contribution in [2.24, 2.45) is 23.2 Å². The van der Waals surface area contributed by atoms with Gasteiger partial charge < -0.3 is 9.57 Å².